The van der Waals surface area contributed by atoms with Crippen molar-refractivity contribution in [2.75, 3.05) is 6.54 Å². The molecule has 1 aliphatic heterocycles. The first-order chi connectivity index (χ1) is 10.1. The number of aryl methyl sites for hydroxylation is 2. The first-order valence-electron chi connectivity index (χ1n) is 7.68. The molecule has 0 unspecified atom stereocenters. The standard InChI is InChI=1S/C15H23N5O/c1-11-8-16-19(9-11)10-14-6-4-5-7-20(14)12(2)15-17-13(3)18-21-15/h8-9,12,14H,4-7,10H2,1-3H3/t12-,14+/m0/s1. The van der Waals surface area contributed by atoms with E-state index in [2.05, 4.69) is 40.2 Å². The minimum atomic E-state index is 0.160. The van der Waals surface area contributed by atoms with Gasteiger partial charge in [0.15, 0.2) is 5.82 Å². The zero-order chi connectivity index (χ0) is 14.8. The Morgan fingerprint density at radius 1 is 1.38 bits per heavy atom. The van der Waals surface area contributed by atoms with E-state index in [1.807, 2.05) is 17.8 Å². The fourth-order valence-electron chi connectivity index (χ4n) is 3.14. The smallest absolute Gasteiger partial charge is 0.243 e. The van der Waals surface area contributed by atoms with Crippen molar-refractivity contribution in [1.82, 2.24) is 24.8 Å². The van der Waals surface area contributed by atoms with E-state index in [0.29, 0.717) is 11.9 Å². The highest BCUT2D eigenvalue weighted by Gasteiger charge is 2.30. The van der Waals surface area contributed by atoms with E-state index in [4.69, 9.17) is 4.52 Å². The summed E-state index contributed by atoms with van der Waals surface area (Å²) in [6, 6.07) is 0.633. The molecule has 0 amide bonds. The molecule has 0 bridgehead atoms. The molecule has 6 heteroatoms. The highest BCUT2D eigenvalue weighted by atomic mass is 16.5. The maximum atomic E-state index is 5.36. The maximum absolute atomic E-state index is 5.36. The second-order valence-corrected chi connectivity index (χ2v) is 5.98. The van der Waals surface area contributed by atoms with E-state index in [9.17, 15) is 0 Å². The van der Waals surface area contributed by atoms with Crippen LogP contribution < -0.4 is 0 Å². The summed E-state index contributed by atoms with van der Waals surface area (Å²) in [5.74, 6) is 1.42. The molecule has 0 aromatic carbocycles. The fourth-order valence-corrected chi connectivity index (χ4v) is 3.14. The lowest BCUT2D eigenvalue weighted by atomic mass is 10.00. The third-order valence-corrected chi connectivity index (χ3v) is 4.23. The van der Waals surface area contributed by atoms with Crippen molar-refractivity contribution < 1.29 is 4.52 Å². The predicted molar refractivity (Wildman–Crippen MR) is 78.8 cm³/mol. The van der Waals surface area contributed by atoms with Crippen LogP contribution in [0.3, 0.4) is 0 Å². The van der Waals surface area contributed by atoms with E-state index in [0.717, 1.165) is 19.0 Å². The first-order valence-corrected chi connectivity index (χ1v) is 7.68. The summed E-state index contributed by atoms with van der Waals surface area (Å²) in [7, 11) is 0. The number of hydrogen-bond donors (Lipinski definition) is 0. The van der Waals surface area contributed by atoms with E-state index in [1.165, 1.54) is 24.8 Å². The molecule has 1 aliphatic rings. The molecule has 114 valence electrons. The first kappa shape index (κ1) is 14.3. The van der Waals surface area contributed by atoms with Gasteiger partial charge in [0.2, 0.25) is 5.89 Å². The largest absolute Gasteiger partial charge is 0.338 e. The molecule has 0 radical (unpaired) electrons. The van der Waals surface area contributed by atoms with Gasteiger partial charge in [-0.2, -0.15) is 10.1 Å². The maximum Gasteiger partial charge on any atom is 0.243 e. The van der Waals surface area contributed by atoms with Crippen LogP contribution in [0.4, 0.5) is 0 Å². The number of rotatable bonds is 4. The molecule has 2 aromatic heterocycles. The summed E-state index contributed by atoms with van der Waals surface area (Å²) in [5.41, 5.74) is 1.21. The molecule has 21 heavy (non-hydrogen) atoms. The molecule has 0 saturated carbocycles. The minimum Gasteiger partial charge on any atom is -0.338 e. The van der Waals surface area contributed by atoms with Gasteiger partial charge < -0.3 is 4.52 Å². The predicted octanol–water partition coefficient (Wildman–Crippen LogP) is 2.50. The lowest BCUT2D eigenvalue weighted by Crippen LogP contribution is -2.43. The van der Waals surface area contributed by atoms with Crippen LogP contribution in [0.1, 0.15) is 49.5 Å². The molecule has 2 atom stereocenters. The molecule has 3 rings (SSSR count). The van der Waals surface area contributed by atoms with Gasteiger partial charge in [-0.05, 0) is 45.7 Å². The minimum absolute atomic E-state index is 0.160. The highest BCUT2D eigenvalue weighted by molar-refractivity contribution is 5.00. The van der Waals surface area contributed by atoms with Gasteiger partial charge in [0, 0.05) is 12.2 Å². The lowest BCUT2D eigenvalue weighted by Gasteiger charge is -2.38. The van der Waals surface area contributed by atoms with Crippen molar-refractivity contribution in [2.45, 2.75) is 58.7 Å². The summed E-state index contributed by atoms with van der Waals surface area (Å²) >= 11 is 0. The Bertz CT molecular complexity index is 590. The van der Waals surface area contributed by atoms with Crippen LogP contribution >= 0.6 is 0 Å². The Balaban J connectivity index is 1.74. The van der Waals surface area contributed by atoms with Crippen LogP contribution in [0.25, 0.3) is 0 Å². The summed E-state index contributed by atoms with van der Waals surface area (Å²) in [4.78, 5) is 6.87. The van der Waals surface area contributed by atoms with Crippen molar-refractivity contribution >= 4 is 0 Å². The van der Waals surface area contributed by atoms with Gasteiger partial charge in [0.25, 0.3) is 0 Å². The third-order valence-electron chi connectivity index (χ3n) is 4.23. The topological polar surface area (TPSA) is 60.0 Å². The molecular weight excluding hydrogens is 266 g/mol. The van der Waals surface area contributed by atoms with E-state index in [1.54, 1.807) is 0 Å². The number of nitrogens with zero attached hydrogens (tertiary/aromatic N) is 5. The molecule has 1 saturated heterocycles. The van der Waals surface area contributed by atoms with Gasteiger partial charge in [0.1, 0.15) is 0 Å². The van der Waals surface area contributed by atoms with Crippen molar-refractivity contribution in [1.29, 1.82) is 0 Å². The molecule has 1 fully saturated rings. The molecule has 2 aromatic rings. The van der Waals surface area contributed by atoms with Crippen LogP contribution in [0.5, 0.6) is 0 Å². The molecule has 3 heterocycles. The molecule has 0 spiro atoms. The van der Waals surface area contributed by atoms with Crippen molar-refractivity contribution in [3.63, 3.8) is 0 Å². The van der Waals surface area contributed by atoms with Crippen molar-refractivity contribution in [3.05, 3.63) is 29.7 Å². The van der Waals surface area contributed by atoms with Gasteiger partial charge in [-0.25, -0.2) is 0 Å². The molecular formula is C15H23N5O. The summed E-state index contributed by atoms with van der Waals surface area (Å²) in [6.07, 6.45) is 7.71. The number of likely N-dealkylation sites (tertiary alicyclic amines) is 1. The summed E-state index contributed by atoms with van der Waals surface area (Å²) in [5, 5.41) is 8.33. The molecule has 0 aliphatic carbocycles. The summed E-state index contributed by atoms with van der Waals surface area (Å²) in [6.45, 7) is 8.09. The van der Waals surface area contributed by atoms with Crippen LogP contribution in [0, 0.1) is 13.8 Å². The molecule has 0 N–H and O–H groups in total. The second kappa shape index (κ2) is 5.97. The Labute approximate surface area is 125 Å². The Morgan fingerprint density at radius 2 is 2.24 bits per heavy atom. The zero-order valence-corrected chi connectivity index (χ0v) is 13.0. The lowest BCUT2D eigenvalue weighted by molar-refractivity contribution is 0.0719. The Morgan fingerprint density at radius 3 is 2.90 bits per heavy atom. The van der Waals surface area contributed by atoms with Crippen LogP contribution in [0.2, 0.25) is 0 Å². The van der Waals surface area contributed by atoms with Gasteiger partial charge in [-0.1, -0.05) is 11.6 Å². The second-order valence-electron chi connectivity index (χ2n) is 5.98. The van der Waals surface area contributed by atoms with Crippen LogP contribution in [-0.4, -0.2) is 37.4 Å². The van der Waals surface area contributed by atoms with Crippen LogP contribution in [0.15, 0.2) is 16.9 Å². The number of hydrogen-bond acceptors (Lipinski definition) is 5. The van der Waals surface area contributed by atoms with Gasteiger partial charge >= 0.3 is 0 Å². The Kier molecular flexibility index (Phi) is 4.05. The average molecular weight is 289 g/mol. The molecule has 6 nitrogen and oxygen atoms in total. The number of piperidine rings is 1. The summed E-state index contributed by atoms with van der Waals surface area (Å²) < 4.78 is 7.40. The van der Waals surface area contributed by atoms with E-state index < -0.39 is 0 Å². The third kappa shape index (κ3) is 3.15. The van der Waals surface area contributed by atoms with Crippen molar-refractivity contribution in [3.8, 4) is 0 Å². The SMILES string of the molecule is Cc1cnn(C[C@H]2CCCCN2[C@@H](C)c2nc(C)no2)c1. The zero-order valence-electron chi connectivity index (χ0n) is 13.0. The average Bonchev–Trinajstić information content (AvgIpc) is 3.08. The van der Waals surface area contributed by atoms with E-state index in [-0.39, 0.29) is 6.04 Å². The normalized spacial score (nSPS) is 21.6. The Hall–Kier alpha value is -1.69. The monoisotopic (exact) mass is 289 g/mol. The van der Waals surface area contributed by atoms with Gasteiger partial charge in [-0.3, -0.25) is 9.58 Å². The van der Waals surface area contributed by atoms with Crippen molar-refractivity contribution in [2.24, 2.45) is 0 Å². The van der Waals surface area contributed by atoms with Gasteiger partial charge in [0.05, 0.1) is 18.8 Å². The fraction of sp³-hybridized carbons (Fsp3) is 0.667. The number of aromatic nitrogens is 4. The van der Waals surface area contributed by atoms with E-state index >= 15 is 0 Å². The van der Waals surface area contributed by atoms with Crippen LogP contribution in [-0.2, 0) is 6.54 Å². The quantitative estimate of drug-likeness (QED) is 0.865. The van der Waals surface area contributed by atoms with Gasteiger partial charge in [-0.15, -0.1) is 0 Å². The highest BCUT2D eigenvalue weighted by Crippen LogP contribution is 2.28.